The van der Waals surface area contributed by atoms with Crippen molar-refractivity contribution in [3.8, 4) is 11.5 Å². The first kappa shape index (κ1) is 15.4. The monoisotopic (exact) mass is 403 g/mol. The van der Waals surface area contributed by atoms with Gasteiger partial charge in [0.1, 0.15) is 18.2 Å². The van der Waals surface area contributed by atoms with Crippen molar-refractivity contribution in [3.63, 3.8) is 0 Å². The predicted octanol–water partition coefficient (Wildman–Crippen LogP) is 2.71. The van der Waals surface area contributed by atoms with E-state index in [4.69, 9.17) is 27.4 Å². The Hall–Kier alpha value is -2.12. The Morgan fingerprint density at radius 3 is 2.54 bits per heavy atom. The van der Waals surface area contributed by atoms with E-state index < -0.39 is 5.66 Å². The molecule has 0 spiro atoms. The van der Waals surface area contributed by atoms with Crippen molar-refractivity contribution in [2.45, 2.75) is 5.66 Å². The van der Waals surface area contributed by atoms with E-state index in [1.165, 1.54) is 0 Å². The molecule has 5 nitrogen and oxygen atoms in total. The fourth-order valence-corrected chi connectivity index (χ4v) is 3.50. The van der Waals surface area contributed by atoms with Crippen molar-refractivity contribution in [1.82, 2.24) is 5.32 Å². The first-order chi connectivity index (χ1) is 11.6. The van der Waals surface area contributed by atoms with Gasteiger partial charge in [-0.1, -0.05) is 46.3 Å². The summed E-state index contributed by atoms with van der Waals surface area (Å²) in [5.41, 5.74) is 6.92. The number of nitrogens with one attached hydrogen (secondary N) is 1. The standard InChI is InChI=1S/C17H14BrN3O2S/c18-12-3-1-2-10(8-12)17(20-15(19)16(24)21-17)11-4-5-13-14(9-11)23-7-6-22-13/h1-5,8-9H,6-7H2,(H2,19,20)(H,21,24). The average Bonchev–Trinajstić information content (AvgIpc) is 2.91. The second-order valence-corrected chi connectivity index (χ2v) is 6.85. The lowest BCUT2D eigenvalue weighted by Gasteiger charge is -2.29. The van der Waals surface area contributed by atoms with Crippen LogP contribution in [-0.4, -0.2) is 24.0 Å². The van der Waals surface area contributed by atoms with E-state index in [2.05, 4.69) is 26.2 Å². The smallest absolute Gasteiger partial charge is 0.185 e. The largest absolute Gasteiger partial charge is 0.486 e. The number of aliphatic imine (C=N–C) groups is 1. The Morgan fingerprint density at radius 2 is 1.83 bits per heavy atom. The summed E-state index contributed by atoms with van der Waals surface area (Å²) >= 11 is 8.82. The molecule has 2 aliphatic heterocycles. The fraction of sp³-hybridized carbons (Fsp3) is 0.176. The Morgan fingerprint density at radius 1 is 1.08 bits per heavy atom. The quantitative estimate of drug-likeness (QED) is 0.754. The van der Waals surface area contributed by atoms with E-state index in [0.29, 0.717) is 29.8 Å². The number of hydrogen-bond donors (Lipinski definition) is 2. The molecule has 7 heteroatoms. The molecule has 0 fully saturated rings. The molecular formula is C17H14BrN3O2S. The highest BCUT2D eigenvalue weighted by atomic mass is 79.9. The van der Waals surface area contributed by atoms with Gasteiger partial charge in [0.25, 0.3) is 0 Å². The first-order valence-electron chi connectivity index (χ1n) is 7.42. The fourth-order valence-electron chi connectivity index (χ4n) is 2.91. The van der Waals surface area contributed by atoms with Crippen molar-refractivity contribution < 1.29 is 9.47 Å². The number of amidine groups is 1. The van der Waals surface area contributed by atoms with Crippen LogP contribution >= 0.6 is 28.1 Å². The number of nitrogens with zero attached hydrogens (tertiary/aromatic N) is 1. The summed E-state index contributed by atoms with van der Waals surface area (Å²) in [5.74, 6) is 1.74. The van der Waals surface area contributed by atoms with Gasteiger partial charge in [0.15, 0.2) is 23.0 Å². The van der Waals surface area contributed by atoms with Crippen molar-refractivity contribution in [2.24, 2.45) is 10.7 Å². The summed E-state index contributed by atoms with van der Waals surface area (Å²) < 4.78 is 12.3. The van der Waals surface area contributed by atoms with Crippen molar-refractivity contribution in [2.75, 3.05) is 13.2 Å². The van der Waals surface area contributed by atoms with E-state index in [1.807, 2.05) is 42.5 Å². The third-order valence-electron chi connectivity index (χ3n) is 4.02. The van der Waals surface area contributed by atoms with Crippen LogP contribution in [0.1, 0.15) is 11.1 Å². The molecule has 0 bridgehead atoms. The number of nitrogens with two attached hydrogens (primary N) is 1. The summed E-state index contributed by atoms with van der Waals surface area (Å²) in [6.45, 7) is 1.08. The highest BCUT2D eigenvalue weighted by molar-refractivity contribution is 9.10. The van der Waals surface area contributed by atoms with Crippen molar-refractivity contribution in [3.05, 3.63) is 58.1 Å². The van der Waals surface area contributed by atoms with Gasteiger partial charge < -0.3 is 20.5 Å². The van der Waals surface area contributed by atoms with Gasteiger partial charge in [-0.2, -0.15) is 0 Å². The second-order valence-electron chi connectivity index (χ2n) is 5.53. The summed E-state index contributed by atoms with van der Waals surface area (Å²) in [7, 11) is 0. The molecule has 0 aromatic heterocycles. The Labute approximate surface area is 153 Å². The van der Waals surface area contributed by atoms with E-state index >= 15 is 0 Å². The number of rotatable bonds is 2. The molecule has 2 heterocycles. The zero-order valence-electron chi connectivity index (χ0n) is 12.6. The normalized spacial score (nSPS) is 22.0. The topological polar surface area (TPSA) is 68.9 Å². The van der Waals surface area contributed by atoms with E-state index in [9.17, 15) is 0 Å². The Bertz CT molecular complexity index is 871. The zero-order chi connectivity index (χ0) is 16.7. The molecule has 2 aromatic rings. The number of halogens is 1. The number of fused-ring (bicyclic) bond motifs is 1. The molecule has 2 aromatic carbocycles. The molecule has 0 radical (unpaired) electrons. The van der Waals surface area contributed by atoms with Gasteiger partial charge in [-0.3, -0.25) is 0 Å². The molecule has 0 saturated heterocycles. The van der Waals surface area contributed by atoms with E-state index in [0.717, 1.165) is 21.3 Å². The van der Waals surface area contributed by atoms with Gasteiger partial charge in [0, 0.05) is 15.6 Å². The highest BCUT2D eigenvalue weighted by Gasteiger charge is 2.41. The van der Waals surface area contributed by atoms with Crippen LogP contribution in [0.3, 0.4) is 0 Å². The molecule has 0 amide bonds. The lowest BCUT2D eigenvalue weighted by molar-refractivity contribution is 0.171. The lowest BCUT2D eigenvalue weighted by Crippen LogP contribution is -2.41. The first-order valence-corrected chi connectivity index (χ1v) is 8.63. The molecule has 1 atom stereocenters. The Balaban J connectivity index is 1.90. The summed E-state index contributed by atoms with van der Waals surface area (Å²) in [6.07, 6.45) is 0. The van der Waals surface area contributed by atoms with Crippen LogP contribution in [0.5, 0.6) is 11.5 Å². The van der Waals surface area contributed by atoms with Crippen LogP contribution < -0.4 is 20.5 Å². The minimum Gasteiger partial charge on any atom is -0.486 e. The third-order valence-corrected chi connectivity index (χ3v) is 4.82. The maximum absolute atomic E-state index is 5.98. The number of thiocarbonyl (C=S) groups is 1. The van der Waals surface area contributed by atoms with Crippen LogP contribution in [0.4, 0.5) is 0 Å². The second kappa shape index (κ2) is 5.75. The van der Waals surface area contributed by atoms with E-state index in [-0.39, 0.29) is 0 Å². The number of ether oxygens (including phenoxy) is 2. The SMILES string of the molecule is NC1=NC(c2cccc(Br)c2)(c2ccc3c(c2)OCCO3)NC1=S. The van der Waals surface area contributed by atoms with Crippen LogP contribution in [0.15, 0.2) is 51.9 Å². The van der Waals surface area contributed by atoms with Gasteiger partial charge in [-0.25, -0.2) is 4.99 Å². The summed E-state index contributed by atoms with van der Waals surface area (Å²) in [4.78, 5) is 5.09. The average molecular weight is 404 g/mol. The molecule has 2 aliphatic rings. The molecule has 0 saturated carbocycles. The zero-order valence-corrected chi connectivity index (χ0v) is 15.0. The lowest BCUT2D eigenvalue weighted by atomic mass is 9.91. The molecular weight excluding hydrogens is 390 g/mol. The molecule has 4 rings (SSSR count). The minimum absolute atomic E-state index is 0.319. The molecule has 0 aliphatic carbocycles. The minimum atomic E-state index is -0.874. The van der Waals surface area contributed by atoms with Gasteiger partial charge in [0.05, 0.1) is 0 Å². The molecule has 122 valence electrons. The molecule has 24 heavy (non-hydrogen) atoms. The molecule has 1 unspecified atom stereocenters. The highest BCUT2D eigenvalue weighted by Crippen LogP contribution is 2.40. The Kier molecular flexibility index (Phi) is 3.69. The maximum atomic E-state index is 5.98. The van der Waals surface area contributed by atoms with Crippen molar-refractivity contribution in [1.29, 1.82) is 0 Å². The van der Waals surface area contributed by atoms with Gasteiger partial charge >= 0.3 is 0 Å². The van der Waals surface area contributed by atoms with Gasteiger partial charge in [-0.15, -0.1) is 0 Å². The van der Waals surface area contributed by atoms with Crippen molar-refractivity contribution >= 4 is 39.0 Å². The predicted molar refractivity (Wildman–Crippen MR) is 99.7 cm³/mol. The van der Waals surface area contributed by atoms with Crippen LogP contribution in [-0.2, 0) is 5.66 Å². The number of hydrogen-bond acceptors (Lipinski definition) is 5. The van der Waals surface area contributed by atoms with Crippen LogP contribution in [0, 0.1) is 0 Å². The van der Waals surface area contributed by atoms with Gasteiger partial charge in [0.2, 0.25) is 0 Å². The van der Waals surface area contributed by atoms with E-state index in [1.54, 1.807) is 0 Å². The maximum Gasteiger partial charge on any atom is 0.185 e. The number of benzene rings is 2. The summed E-state index contributed by atoms with van der Waals surface area (Å²) in [6, 6.07) is 13.7. The summed E-state index contributed by atoms with van der Waals surface area (Å²) in [5, 5.41) is 3.27. The van der Waals surface area contributed by atoms with Gasteiger partial charge in [-0.05, 0) is 24.3 Å². The van der Waals surface area contributed by atoms with Crippen LogP contribution in [0.25, 0.3) is 0 Å². The van der Waals surface area contributed by atoms with Crippen LogP contribution in [0.2, 0.25) is 0 Å². The third kappa shape index (κ3) is 2.44. The molecule has 3 N–H and O–H groups in total.